The van der Waals surface area contributed by atoms with Crippen LogP contribution >= 0.6 is 23.2 Å². The molecule has 0 amide bonds. The zero-order valence-corrected chi connectivity index (χ0v) is 13.0. The predicted octanol–water partition coefficient (Wildman–Crippen LogP) is 4.37. The quantitative estimate of drug-likeness (QED) is 0.781. The van der Waals surface area contributed by atoms with Crippen molar-refractivity contribution in [3.63, 3.8) is 0 Å². The van der Waals surface area contributed by atoms with Crippen LogP contribution in [0.1, 0.15) is 17.3 Å². The van der Waals surface area contributed by atoms with Gasteiger partial charge in [0, 0.05) is 20.5 Å². The highest BCUT2D eigenvalue weighted by atomic mass is 35.5. The van der Waals surface area contributed by atoms with E-state index in [1.807, 2.05) is 0 Å². The van der Waals surface area contributed by atoms with Gasteiger partial charge in [-0.15, -0.1) is 0 Å². The zero-order valence-electron chi connectivity index (χ0n) is 10.7. The molecule has 2 aromatic rings. The molecule has 2 rings (SSSR count). The summed E-state index contributed by atoms with van der Waals surface area (Å²) < 4.78 is 12.4. The van der Waals surface area contributed by atoms with E-state index in [1.165, 1.54) is 0 Å². The second-order valence-corrected chi connectivity index (χ2v) is 6.91. The average molecular weight is 327 g/mol. The van der Waals surface area contributed by atoms with Crippen LogP contribution in [-0.4, -0.2) is 15.2 Å². The molecule has 2 atom stereocenters. The van der Waals surface area contributed by atoms with Crippen LogP contribution in [-0.2, 0) is 10.8 Å². The molecule has 0 heterocycles. The van der Waals surface area contributed by atoms with E-state index in [0.29, 0.717) is 20.5 Å². The highest BCUT2D eigenvalue weighted by Gasteiger charge is 2.22. The Bertz CT molecular complexity index is 653. The van der Waals surface area contributed by atoms with Crippen molar-refractivity contribution < 1.29 is 9.00 Å². The summed E-state index contributed by atoms with van der Waals surface area (Å²) in [6.07, 6.45) is 0. The fourth-order valence-corrected chi connectivity index (χ4v) is 3.32. The molecule has 0 aliphatic carbocycles. The van der Waals surface area contributed by atoms with Crippen LogP contribution in [0.15, 0.2) is 53.4 Å². The first-order valence-corrected chi connectivity index (χ1v) is 7.92. The minimum atomic E-state index is -1.44. The van der Waals surface area contributed by atoms with E-state index in [1.54, 1.807) is 55.5 Å². The van der Waals surface area contributed by atoms with Gasteiger partial charge in [-0.1, -0.05) is 29.3 Å². The number of hydrogen-bond donors (Lipinski definition) is 0. The summed E-state index contributed by atoms with van der Waals surface area (Å²) in [6.45, 7) is 1.65. The molecular weight excluding hydrogens is 315 g/mol. The molecule has 0 saturated heterocycles. The number of benzene rings is 2. The third kappa shape index (κ3) is 3.48. The van der Waals surface area contributed by atoms with Crippen molar-refractivity contribution in [3.05, 3.63) is 64.1 Å². The summed E-state index contributed by atoms with van der Waals surface area (Å²) in [7, 11) is -1.44. The lowest BCUT2D eigenvalue weighted by atomic mass is 10.1. The van der Waals surface area contributed by atoms with E-state index in [4.69, 9.17) is 23.2 Å². The first-order chi connectivity index (χ1) is 9.49. The normalized spacial score (nSPS) is 13.8. The molecule has 104 valence electrons. The standard InChI is InChI=1S/C15H12Cl2O2S/c1-10(15(18)11-5-7-12(16)8-6-11)20(19)14-4-2-3-13(17)9-14/h2-10H,1H3. The lowest BCUT2D eigenvalue weighted by Gasteiger charge is -2.11. The van der Waals surface area contributed by atoms with E-state index in [0.717, 1.165) is 0 Å². The van der Waals surface area contributed by atoms with Crippen molar-refractivity contribution in [2.75, 3.05) is 0 Å². The van der Waals surface area contributed by atoms with Crippen molar-refractivity contribution in [1.82, 2.24) is 0 Å². The molecule has 0 aromatic heterocycles. The van der Waals surface area contributed by atoms with E-state index >= 15 is 0 Å². The molecule has 20 heavy (non-hydrogen) atoms. The van der Waals surface area contributed by atoms with Crippen LogP contribution in [0.25, 0.3) is 0 Å². The molecule has 0 bridgehead atoms. The van der Waals surface area contributed by atoms with Crippen LogP contribution in [0, 0.1) is 0 Å². The Hall–Kier alpha value is -1.16. The summed E-state index contributed by atoms with van der Waals surface area (Å²) in [4.78, 5) is 12.8. The maximum absolute atomic E-state index is 12.4. The number of hydrogen-bond acceptors (Lipinski definition) is 2. The van der Waals surface area contributed by atoms with Gasteiger partial charge in [0.1, 0.15) is 0 Å². The van der Waals surface area contributed by atoms with Gasteiger partial charge in [-0.25, -0.2) is 0 Å². The van der Waals surface area contributed by atoms with Crippen LogP contribution in [0.3, 0.4) is 0 Å². The fourth-order valence-electron chi connectivity index (χ4n) is 1.74. The van der Waals surface area contributed by atoms with Gasteiger partial charge in [-0.05, 0) is 49.4 Å². The van der Waals surface area contributed by atoms with Crippen LogP contribution in [0.4, 0.5) is 0 Å². The predicted molar refractivity (Wildman–Crippen MR) is 83.1 cm³/mol. The Morgan fingerprint density at radius 3 is 2.30 bits per heavy atom. The largest absolute Gasteiger partial charge is 0.293 e. The van der Waals surface area contributed by atoms with E-state index in [2.05, 4.69) is 0 Å². The van der Waals surface area contributed by atoms with E-state index < -0.39 is 16.0 Å². The smallest absolute Gasteiger partial charge is 0.178 e. The maximum atomic E-state index is 12.4. The van der Waals surface area contributed by atoms with Gasteiger partial charge in [0.25, 0.3) is 0 Å². The molecule has 2 nitrogen and oxygen atoms in total. The SMILES string of the molecule is CC(C(=O)c1ccc(Cl)cc1)S(=O)c1cccc(Cl)c1. The topological polar surface area (TPSA) is 34.1 Å². The van der Waals surface area contributed by atoms with Crippen LogP contribution in [0.5, 0.6) is 0 Å². The molecule has 5 heteroatoms. The van der Waals surface area contributed by atoms with Gasteiger partial charge in [0.2, 0.25) is 0 Å². The van der Waals surface area contributed by atoms with Gasteiger partial charge in [0.05, 0.1) is 16.0 Å². The molecule has 0 radical (unpaired) electrons. The van der Waals surface area contributed by atoms with Crippen molar-refractivity contribution in [2.24, 2.45) is 0 Å². The lowest BCUT2D eigenvalue weighted by molar-refractivity contribution is 0.0992. The number of carbonyl (C=O) groups is 1. The number of rotatable bonds is 4. The number of ketones is 1. The molecule has 2 aromatic carbocycles. The minimum Gasteiger partial charge on any atom is -0.293 e. The number of Topliss-reactive ketones (excluding diaryl/α,β-unsaturated/α-hetero) is 1. The number of halogens is 2. The van der Waals surface area contributed by atoms with Crippen molar-refractivity contribution in [2.45, 2.75) is 17.1 Å². The van der Waals surface area contributed by atoms with Gasteiger partial charge in [-0.3, -0.25) is 9.00 Å². The Morgan fingerprint density at radius 2 is 1.70 bits per heavy atom. The highest BCUT2D eigenvalue weighted by Crippen LogP contribution is 2.19. The van der Waals surface area contributed by atoms with E-state index in [-0.39, 0.29) is 5.78 Å². The molecule has 0 aliphatic heterocycles. The van der Waals surface area contributed by atoms with Crippen LogP contribution in [0.2, 0.25) is 10.0 Å². The Morgan fingerprint density at radius 1 is 1.05 bits per heavy atom. The fraction of sp³-hybridized carbons (Fsp3) is 0.133. The second kappa shape index (κ2) is 6.53. The van der Waals surface area contributed by atoms with Crippen molar-refractivity contribution in [3.8, 4) is 0 Å². The van der Waals surface area contributed by atoms with Gasteiger partial charge in [-0.2, -0.15) is 0 Å². The first kappa shape index (κ1) is 15.2. The Balaban J connectivity index is 2.22. The molecule has 2 unspecified atom stereocenters. The van der Waals surface area contributed by atoms with Crippen molar-refractivity contribution in [1.29, 1.82) is 0 Å². The Kier molecular flexibility index (Phi) is 4.97. The van der Waals surface area contributed by atoms with Gasteiger partial charge < -0.3 is 0 Å². The second-order valence-electron chi connectivity index (χ2n) is 4.27. The maximum Gasteiger partial charge on any atom is 0.178 e. The van der Waals surface area contributed by atoms with Crippen LogP contribution < -0.4 is 0 Å². The molecule has 0 aliphatic rings. The van der Waals surface area contributed by atoms with Crippen molar-refractivity contribution >= 4 is 39.8 Å². The zero-order chi connectivity index (χ0) is 14.7. The van der Waals surface area contributed by atoms with Gasteiger partial charge >= 0.3 is 0 Å². The summed E-state index contributed by atoms with van der Waals surface area (Å²) >= 11 is 11.7. The molecular formula is C15H12Cl2O2S. The molecule has 0 spiro atoms. The number of carbonyl (C=O) groups excluding carboxylic acids is 1. The molecule has 0 saturated carbocycles. The third-order valence-electron chi connectivity index (χ3n) is 2.85. The van der Waals surface area contributed by atoms with Gasteiger partial charge in [0.15, 0.2) is 5.78 Å². The molecule has 0 N–H and O–H groups in total. The summed E-state index contributed by atoms with van der Waals surface area (Å²) in [5.74, 6) is -0.181. The lowest BCUT2D eigenvalue weighted by Crippen LogP contribution is -2.22. The first-order valence-electron chi connectivity index (χ1n) is 5.95. The minimum absolute atomic E-state index is 0.181. The monoisotopic (exact) mass is 326 g/mol. The van der Waals surface area contributed by atoms with E-state index in [9.17, 15) is 9.00 Å². The third-order valence-corrected chi connectivity index (χ3v) is 4.91. The molecule has 0 fully saturated rings. The Labute approximate surface area is 130 Å². The summed E-state index contributed by atoms with van der Waals surface area (Å²) in [5, 5.41) is 0.418. The summed E-state index contributed by atoms with van der Waals surface area (Å²) in [5.41, 5.74) is 0.497. The highest BCUT2D eigenvalue weighted by molar-refractivity contribution is 7.86. The average Bonchev–Trinajstić information content (AvgIpc) is 2.46. The summed E-state index contributed by atoms with van der Waals surface area (Å²) in [6, 6.07) is 13.3.